The molecule has 4 aromatic rings. The van der Waals surface area contributed by atoms with E-state index in [0.29, 0.717) is 0 Å². The molecular formula is C25H100Br2ClN5O2P72. The number of ether oxygens (including phenoxy) is 2. The van der Waals surface area contributed by atoms with Crippen LogP contribution in [0.4, 0.5) is 5.95 Å². The van der Waals surface area contributed by atoms with E-state index < -0.39 is 0 Å². The lowest BCUT2D eigenvalue weighted by Gasteiger charge is -2.61. The van der Waals surface area contributed by atoms with Gasteiger partial charge in [-0.15, -0.1) is 330 Å². The molecule has 0 bridgehead atoms. The predicted molar refractivity (Wildman–Crippen MR) is 749 cm³/mol. The van der Waals surface area contributed by atoms with E-state index in [-0.39, 0.29) is 250 Å². The van der Waals surface area contributed by atoms with Crippen LogP contribution in [0.2, 0.25) is 5.28 Å². The third-order valence-corrected chi connectivity index (χ3v) is 519. The summed E-state index contributed by atoms with van der Waals surface area (Å²) in [4.78, 5) is 19.1. The van der Waals surface area contributed by atoms with Crippen molar-refractivity contribution in [2.24, 2.45) is 0 Å². The van der Waals surface area contributed by atoms with Gasteiger partial charge in [-0.05, 0) is 312 Å². The van der Waals surface area contributed by atoms with Gasteiger partial charge in [-0.25, -0.2) is 19.9 Å². The number of anilines is 1. The predicted octanol–water partition coefficient (Wildman–Crippen LogP) is 48.7. The van der Waals surface area contributed by atoms with Crippen molar-refractivity contribution < 1.29 is 9.47 Å². The second kappa shape index (κ2) is 71.6. The van der Waals surface area contributed by atoms with Crippen molar-refractivity contribution in [3.05, 3.63) is 63.0 Å². The Balaban J connectivity index is 0.000000664. The maximum Gasteiger partial charge on any atom is 0.226 e. The summed E-state index contributed by atoms with van der Waals surface area (Å²) in [6.45, 7) is -5.38. The SMILES string of the molecule is Brc1ccc2nc(N3CCOCC3)ncc2c1.C1CCOCC1.Clc1ncc2cc(Br)ccc2n1.PP(P)P(P)P(P(P)P)P(P(P(P(P)P)P(P)P)P(P(P)P)P(P)P)P(P(P(P(P)P)P(P)P)P(P(P)P)P(P)P)P(P(P(P(P)P)P(P)P)P(P(P)P)P(P)P)P(P(P(P)P)P(P)P)P(P(P)P)P(P)P. The minimum atomic E-state index is -0.389. The first-order chi connectivity index (χ1) is 49.8. The van der Waals surface area contributed by atoms with Crippen molar-refractivity contribution in [2.45, 2.75) is 19.3 Å². The third-order valence-electron chi connectivity index (χ3n) is 11.7. The summed E-state index contributed by atoms with van der Waals surface area (Å²) in [6, 6.07) is 11.8. The Morgan fingerprint density at radius 3 is 0.776 bits per heavy atom. The largest absolute Gasteiger partial charge is 0.381 e. The Kier molecular flexibility index (Phi) is 87.2. The summed E-state index contributed by atoms with van der Waals surface area (Å²) in [5, 5.41) is 2.31. The molecule has 2 saturated heterocycles. The van der Waals surface area contributed by atoms with Gasteiger partial charge in [0.2, 0.25) is 11.2 Å². The molecule has 4 heterocycles. The molecule has 2 aromatic heterocycles. The van der Waals surface area contributed by atoms with E-state index in [0.717, 1.165) is 76.2 Å². The number of hydrogen-bond donors (Lipinski definition) is 0. The second-order valence-electron chi connectivity index (χ2n) is 19.4. The van der Waals surface area contributed by atoms with Gasteiger partial charge in [0.15, 0.2) is 0 Å². The molecule has 0 spiro atoms. The zero-order chi connectivity index (χ0) is 81.7. The molecule has 0 amide bonds. The van der Waals surface area contributed by atoms with Crippen LogP contribution >= 0.6 is 618 Å². The van der Waals surface area contributed by atoms with E-state index in [1.807, 2.05) is 42.6 Å². The van der Waals surface area contributed by atoms with Gasteiger partial charge < -0.3 is 14.4 Å². The molecule has 7 nitrogen and oxygen atoms in total. The lowest BCUT2D eigenvalue weighted by molar-refractivity contribution is 0.0968. The maximum absolute atomic E-state index is 5.62. The highest BCUT2D eigenvalue weighted by atomic mass is 79.9. The Labute approximate surface area is 790 Å². The molecule has 41 atom stereocenters. The number of aromatic nitrogens is 4. The van der Waals surface area contributed by atoms with Crippen LogP contribution in [-0.4, -0.2) is 59.5 Å². The van der Waals surface area contributed by atoms with Crippen LogP contribution in [0.1, 0.15) is 19.3 Å². The van der Waals surface area contributed by atoms with Crippen LogP contribution < -0.4 is 4.90 Å². The quantitative estimate of drug-likeness (QED) is 0.0336. The lowest BCUT2D eigenvalue weighted by atomic mass is 10.2. The van der Waals surface area contributed by atoms with E-state index in [2.05, 4.69) is 387 Å². The highest BCUT2D eigenvalue weighted by molar-refractivity contribution is 9.56. The van der Waals surface area contributed by atoms with E-state index in [1.54, 1.807) is 6.20 Å². The zero-order valence-corrected chi connectivity index (χ0v) is 134. The molecule has 2 aliphatic rings. The van der Waals surface area contributed by atoms with Crippen molar-refractivity contribution in [3.8, 4) is 0 Å². The average Bonchev–Trinajstić information content (AvgIpc) is 0.719. The smallest absolute Gasteiger partial charge is 0.226 e. The highest BCUT2D eigenvalue weighted by Crippen LogP contribution is 3.51. The Morgan fingerprint density at radius 1 is 0.290 bits per heavy atom. The number of hydrogen-bond acceptors (Lipinski definition) is 7. The van der Waals surface area contributed by atoms with Gasteiger partial charge in [0.05, 0.1) is 24.2 Å². The fourth-order valence-electron chi connectivity index (χ4n) is 7.89. The molecule has 0 aliphatic carbocycles. The van der Waals surface area contributed by atoms with Gasteiger partial charge in [-0.1, -0.05) is 31.9 Å². The molecule has 2 aliphatic heterocycles. The summed E-state index contributed by atoms with van der Waals surface area (Å²) in [6.07, 6.45) is 7.51. The van der Waals surface area contributed by atoms with Crippen molar-refractivity contribution in [2.75, 3.05) is 44.4 Å². The molecule has 2 aromatic carbocycles. The van der Waals surface area contributed by atoms with Crippen molar-refractivity contribution in [1.82, 2.24) is 19.9 Å². The first kappa shape index (κ1) is 130. The fraction of sp³-hybridized carbons (Fsp3) is 0.360. The van der Waals surface area contributed by atoms with Crippen molar-refractivity contribution in [3.63, 3.8) is 0 Å². The molecular weight excluding hydrogens is 2830 g/mol. The van der Waals surface area contributed by atoms with Gasteiger partial charge in [0.1, 0.15) is 0 Å². The summed E-state index contributed by atoms with van der Waals surface area (Å²) in [5.41, 5.74) is 1.84. The standard InChI is InChI=1S/C12H12BrN3O.C8H4BrClN2.C5H10O.H74P72/c13-10-1-2-11-9(7-10)8-14-12(15-11)16-3-5-17-6-4-16;9-6-1-2-7-5(3-6)4-11-8(10)12-7;1-2-4-6-5-3-1;1-38(2)56(37)65(55(35)36)70(66(57(39(3)4)40(5)6)58(41(7)8)42(9)10)72(69(63(51(27)28)52(29)30)64(53(31)32)54(33)34)71(67(59(43(11)12)44(13)14)60(45(15)16)46(17)18)68(61(47(19)20)48(21)22)62(49(23)24)50(25)26/h1-2,7-8H,3-6H2;1-4H;1-5H2;1-37H2. The normalized spacial score (nSPS) is 16.0. The number of halogens is 3. The average molecular weight is 2930 g/mol. The van der Waals surface area contributed by atoms with Crippen LogP contribution in [0.3, 0.4) is 0 Å². The summed E-state index contributed by atoms with van der Waals surface area (Å²) in [5.74, 6) is 0.795. The van der Waals surface area contributed by atoms with E-state index >= 15 is 0 Å². The van der Waals surface area contributed by atoms with Crippen LogP contribution in [0.25, 0.3) is 21.8 Å². The lowest BCUT2D eigenvalue weighted by Crippen LogP contribution is -2.37. The molecule has 0 N–H and O–H groups in total. The summed E-state index contributed by atoms with van der Waals surface area (Å²) < 4.78 is 12.5. The van der Waals surface area contributed by atoms with Crippen LogP contribution in [0.5, 0.6) is 0 Å². The molecule has 82 heteroatoms. The van der Waals surface area contributed by atoms with Crippen molar-refractivity contribution in [1.29, 1.82) is 0 Å². The molecule has 107 heavy (non-hydrogen) atoms. The molecule has 6 rings (SSSR count). The molecule has 0 radical (unpaired) electrons. The van der Waals surface area contributed by atoms with Gasteiger partial charge in [0.25, 0.3) is 0 Å². The van der Waals surface area contributed by atoms with Gasteiger partial charge in [-0.3, -0.25) is 0 Å². The summed E-state index contributed by atoms with van der Waals surface area (Å²) in [7, 11) is 135. The van der Waals surface area contributed by atoms with Crippen LogP contribution in [0.15, 0.2) is 57.7 Å². The Morgan fingerprint density at radius 2 is 0.533 bits per heavy atom. The van der Waals surface area contributed by atoms with E-state index in [1.165, 1.54) is 19.3 Å². The van der Waals surface area contributed by atoms with E-state index in [4.69, 9.17) is 21.1 Å². The van der Waals surface area contributed by atoms with Gasteiger partial charge in [0, 0.05) is 58.4 Å². The van der Waals surface area contributed by atoms with Crippen LogP contribution in [0, 0.1) is 0 Å². The number of morpholine rings is 1. The zero-order valence-electron chi connectivity index (χ0n) is 56.2. The van der Waals surface area contributed by atoms with E-state index in [9.17, 15) is 0 Å². The number of fused-ring (bicyclic) bond motifs is 2. The third kappa shape index (κ3) is 46.4. The molecule has 0 saturated carbocycles. The Bertz CT molecular complexity index is 2890. The second-order valence-corrected chi connectivity index (χ2v) is 319. The van der Waals surface area contributed by atoms with Crippen LogP contribution in [-0.2, 0) is 9.47 Å². The first-order valence-electron chi connectivity index (χ1n) is 27.8. The molecule has 2 fully saturated rings. The van der Waals surface area contributed by atoms with Crippen molar-refractivity contribution >= 4 is 646 Å². The minimum absolute atomic E-state index is 0.250. The first-order valence-corrected chi connectivity index (χ1v) is 161. The monoisotopic (exact) mass is 2930 g/mol. The minimum Gasteiger partial charge on any atom is -0.381 e. The fourth-order valence-corrected chi connectivity index (χ4v) is 1050. The number of benzene rings is 2. The Hall–Kier alpha value is 29.0. The number of rotatable bonds is 35. The number of nitrogens with zero attached hydrogens (tertiary/aromatic N) is 5. The van der Waals surface area contributed by atoms with Gasteiger partial charge >= 0.3 is 0 Å². The molecule has 41 unspecified atom stereocenters. The topological polar surface area (TPSA) is 73.3 Å². The maximum atomic E-state index is 5.62. The summed E-state index contributed by atoms with van der Waals surface area (Å²) >= 11 is 12.4. The molecule has 618 valence electrons. The van der Waals surface area contributed by atoms with Gasteiger partial charge in [-0.2, -0.15) is 0 Å². The highest BCUT2D eigenvalue weighted by Gasteiger charge is 2.63.